The molecule has 3 N–H and O–H groups in total. The maximum Gasteiger partial charge on any atom is 0.263 e. The lowest BCUT2D eigenvalue weighted by atomic mass is 10.1. The van der Waals surface area contributed by atoms with Crippen LogP contribution in [0, 0.1) is 0 Å². The van der Waals surface area contributed by atoms with E-state index >= 15 is 0 Å². The Balaban J connectivity index is 1.89. The lowest BCUT2D eigenvalue weighted by molar-refractivity contribution is -0.122. The summed E-state index contributed by atoms with van der Waals surface area (Å²) in [7, 11) is 0. The van der Waals surface area contributed by atoms with Crippen molar-refractivity contribution < 1.29 is 4.79 Å². The molecule has 0 saturated heterocycles. The van der Waals surface area contributed by atoms with Crippen LogP contribution in [0.5, 0.6) is 0 Å². The second kappa shape index (κ2) is 7.13. The molecule has 1 amide bonds. The summed E-state index contributed by atoms with van der Waals surface area (Å²) in [6, 6.07) is 9.96. The van der Waals surface area contributed by atoms with Crippen molar-refractivity contribution in [2.75, 3.05) is 5.73 Å². The van der Waals surface area contributed by atoms with E-state index in [2.05, 4.69) is 25.9 Å². The van der Waals surface area contributed by atoms with Crippen molar-refractivity contribution in [3.8, 4) is 0 Å². The summed E-state index contributed by atoms with van der Waals surface area (Å²) in [6.07, 6.45) is 1.45. The molecule has 1 aromatic heterocycles. The Labute approximate surface area is 122 Å². The molecule has 2 rings (SSSR count). The number of nitrogens with zero attached hydrogens (tertiary/aromatic N) is 5. The smallest absolute Gasteiger partial charge is 0.263 e. The SMILES string of the molecule is CCC(Cc1ccccc1)=NNC(=O)Cn1nnc(N)n1. The zero-order chi connectivity index (χ0) is 15.1. The minimum absolute atomic E-state index is 0.0321. The number of amides is 1. The summed E-state index contributed by atoms with van der Waals surface area (Å²) in [5, 5.41) is 15.0. The molecule has 0 atom stereocenters. The van der Waals surface area contributed by atoms with E-state index in [-0.39, 0.29) is 18.4 Å². The number of nitrogen functional groups attached to an aromatic ring is 1. The molecule has 0 spiro atoms. The first-order chi connectivity index (χ1) is 10.2. The van der Waals surface area contributed by atoms with Crippen LogP contribution < -0.4 is 11.2 Å². The molecule has 1 heterocycles. The predicted molar refractivity (Wildman–Crippen MR) is 78.2 cm³/mol. The second-order valence-corrected chi connectivity index (χ2v) is 4.41. The Hall–Kier alpha value is -2.77. The van der Waals surface area contributed by atoms with Crippen molar-refractivity contribution >= 4 is 17.6 Å². The highest BCUT2D eigenvalue weighted by atomic mass is 16.2. The zero-order valence-electron chi connectivity index (χ0n) is 11.7. The van der Waals surface area contributed by atoms with Crippen molar-refractivity contribution in [3.05, 3.63) is 35.9 Å². The number of aromatic nitrogens is 4. The lowest BCUT2D eigenvalue weighted by Gasteiger charge is -2.05. The van der Waals surface area contributed by atoms with Gasteiger partial charge in [-0.05, 0) is 17.2 Å². The quantitative estimate of drug-likeness (QED) is 0.589. The molecule has 0 aliphatic heterocycles. The van der Waals surface area contributed by atoms with Gasteiger partial charge < -0.3 is 5.73 Å². The van der Waals surface area contributed by atoms with Gasteiger partial charge in [0.1, 0.15) is 6.54 Å². The third-order valence-corrected chi connectivity index (χ3v) is 2.75. The van der Waals surface area contributed by atoms with Crippen LogP contribution in [0.1, 0.15) is 18.9 Å². The third-order valence-electron chi connectivity index (χ3n) is 2.75. The van der Waals surface area contributed by atoms with Crippen LogP contribution in [-0.2, 0) is 17.8 Å². The van der Waals surface area contributed by atoms with E-state index in [1.807, 2.05) is 37.3 Å². The summed E-state index contributed by atoms with van der Waals surface area (Å²) >= 11 is 0. The van der Waals surface area contributed by atoms with Crippen molar-refractivity contribution in [3.63, 3.8) is 0 Å². The molecule has 0 bridgehead atoms. The number of hydrazone groups is 1. The number of benzene rings is 1. The second-order valence-electron chi connectivity index (χ2n) is 4.41. The molecule has 8 nitrogen and oxygen atoms in total. The highest BCUT2D eigenvalue weighted by molar-refractivity contribution is 5.87. The maximum absolute atomic E-state index is 11.7. The number of anilines is 1. The predicted octanol–water partition coefficient (Wildman–Crippen LogP) is 0.380. The first-order valence-electron chi connectivity index (χ1n) is 6.59. The van der Waals surface area contributed by atoms with Crippen LogP contribution in [0.2, 0.25) is 0 Å². The molecule has 0 aliphatic carbocycles. The Morgan fingerprint density at radius 2 is 2.14 bits per heavy atom. The number of hydrogen-bond donors (Lipinski definition) is 2. The Morgan fingerprint density at radius 3 is 2.76 bits per heavy atom. The highest BCUT2D eigenvalue weighted by Crippen LogP contribution is 2.02. The van der Waals surface area contributed by atoms with E-state index in [0.29, 0.717) is 6.42 Å². The average molecular weight is 287 g/mol. The molecule has 1 aromatic carbocycles. The fourth-order valence-electron chi connectivity index (χ4n) is 1.70. The molecular weight excluding hydrogens is 270 g/mol. The van der Waals surface area contributed by atoms with Gasteiger partial charge in [0.25, 0.3) is 11.9 Å². The molecule has 0 radical (unpaired) electrons. The lowest BCUT2D eigenvalue weighted by Crippen LogP contribution is -2.26. The molecule has 8 heteroatoms. The van der Waals surface area contributed by atoms with E-state index in [1.54, 1.807) is 0 Å². The van der Waals surface area contributed by atoms with Gasteiger partial charge in [0.15, 0.2) is 0 Å². The topological polar surface area (TPSA) is 111 Å². The number of nitrogens with two attached hydrogens (primary N) is 1. The highest BCUT2D eigenvalue weighted by Gasteiger charge is 2.06. The summed E-state index contributed by atoms with van der Waals surface area (Å²) in [6.45, 7) is 1.92. The Morgan fingerprint density at radius 1 is 1.38 bits per heavy atom. The maximum atomic E-state index is 11.7. The Kier molecular flexibility index (Phi) is 4.97. The zero-order valence-corrected chi connectivity index (χ0v) is 11.7. The number of tetrazole rings is 1. The average Bonchev–Trinajstić information content (AvgIpc) is 2.89. The first kappa shape index (κ1) is 14.6. The van der Waals surface area contributed by atoms with Crippen LogP contribution in [0.15, 0.2) is 35.4 Å². The summed E-state index contributed by atoms with van der Waals surface area (Å²) in [5.41, 5.74) is 9.85. The molecule has 0 unspecified atom stereocenters. The van der Waals surface area contributed by atoms with Gasteiger partial charge >= 0.3 is 0 Å². The number of carbonyl (C=O) groups excluding carboxylic acids is 1. The molecule has 0 aliphatic rings. The third kappa shape index (κ3) is 4.68. The van der Waals surface area contributed by atoms with E-state index in [0.717, 1.165) is 22.5 Å². The van der Waals surface area contributed by atoms with Crippen molar-refractivity contribution in [2.45, 2.75) is 26.3 Å². The number of hydrogen-bond acceptors (Lipinski definition) is 6. The van der Waals surface area contributed by atoms with Gasteiger partial charge in [0.05, 0.1) is 0 Å². The van der Waals surface area contributed by atoms with Crippen molar-refractivity contribution in [1.82, 2.24) is 25.6 Å². The van der Waals surface area contributed by atoms with Crippen LogP contribution in [0.3, 0.4) is 0 Å². The van der Waals surface area contributed by atoms with Gasteiger partial charge in [-0.2, -0.15) is 9.90 Å². The van der Waals surface area contributed by atoms with Gasteiger partial charge in [-0.15, -0.1) is 5.10 Å². The number of carbonyl (C=O) groups is 1. The van der Waals surface area contributed by atoms with Crippen molar-refractivity contribution in [1.29, 1.82) is 0 Å². The van der Waals surface area contributed by atoms with Crippen LogP contribution in [0.25, 0.3) is 0 Å². The molecule has 110 valence electrons. The molecule has 21 heavy (non-hydrogen) atoms. The van der Waals surface area contributed by atoms with Crippen molar-refractivity contribution in [2.24, 2.45) is 5.10 Å². The summed E-state index contributed by atoms with van der Waals surface area (Å²) in [4.78, 5) is 12.8. The fraction of sp³-hybridized carbons (Fsp3) is 0.308. The standard InChI is InChI=1S/C13H17N7O/c1-2-11(8-10-6-4-3-5-7-10)15-16-12(21)9-20-18-13(14)17-19-20/h3-7H,2,8-9H2,1H3,(H2,14,18)(H,16,21). The van der Waals surface area contributed by atoms with Gasteiger partial charge in [-0.1, -0.05) is 42.4 Å². The molecule has 0 saturated carbocycles. The molecular formula is C13H17N7O. The van der Waals surface area contributed by atoms with Gasteiger partial charge in [0.2, 0.25) is 0 Å². The Bertz CT molecular complexity index is 620. The minimum atomic E-state index is -0.327. The largest absolute Gasteiger partial charge is 0.365 e. The van der Waals surface area contributed by atoms with Crippen LogP contribution >= 0.6 is 0 Å². The van der Waals surface area contributed by atoms with E-state index in [9.17, 15) is 4.79 Å². The first-order valence-corrected chi connectivity index (χ1v) is 6.59. The normalized spacial score (nSPS) is 11.4. The van der Waals surface area contributed by atoms with E-state index in [4.69, 9.17) is 5.73 Å². The van der Waals surface area contributed by atoms with E-state index < -0.39 is 0 Å². The van der Waals surface area contributed by atoms with Gasteiger partial charge in [0, 0.05) is 12.1 Å². The summed E-state index contributed by atoms with van der Waals surface area (Å²) in [5.74, 6) is -0.295. The fourth-order valence-corrected chi connectivity index (χ4v) is 1.70. The van der Waals surface area contributed by atoms with E-state index in [1.165, 1.54) is 0 Å². The molecule has 0 fully saturated rings. The van der Waals surface area contributed by atoms with Gasteiger partial charge in [-0.3, -0.25) is 4.79 Å². The number of nitrogens with one attached hydrogen (secondary N) is 1. The number of rotatable bonds is 6. The van der Waals surface area contributed by atoms with Gasteiger partial charge in [-0.25, -0.2) is 5.43 Å². The molecule has 2 aromatic rings. The minimum Gasteiger partial charge on any atom is -0.365 e. The van der Waals surface area contributed by atoms with Crippen LogP contribution in [0.4, 0.5) is 5.95 Å². The summed E-state index contributed by atoms with van der Waals surface area (Å²) < 4.78 is 0. The monoisotopic (exact) mass is 287 g/mol. The van der Waals surface area contributed by atoms with Crippen LogP contribution in [-0.4, -0.2) is 31.8 Å².